The van der Waals surface area contributed by atoms with Gasteiger partial charge in [-0.15, -0.1) is 0 Å². The summed E-state index contributed by atoms with van der Waals surface area (Å²) in [5, 5.41) is 0. The second kappa shape index (κ2) is 7.71. The Bertz CT molecular complexity index is 453. The van der Waals surface area contributed by atoms with Gasteiger partial charge in [-0.05, 0) is 45.5 Å². The van der Waals surface area contributed by atoms with Gasteiger partial charge in [0.25, 0.3) is 0 Å². The molecule has 21 heavy (non-hydrogen) atoms. The normalized spacial score (nSPS) is 19.3. The van der Waals surface area contributed by atoms with Crippen LogP contribution in [0, 0.1) is 0 Å². The molecule has 1 aromatic carbocycles. The summed E-state index contributed by atoms with van der Waals surface area (Å²) >= 11 is 0. The van der Waals surface area contributed by atoms with Gasteiger partial charge in [-0.1, -0.05) is 37.6 Å². The van der Waals surface area contributed by atoms with Gasteiger partial charge in [-0.2, -0.15) is 0 Å². The van der Waals surface area contributed by atoms with Gasteiger partial charge in [0, 0.05) is 18.2 Å². The summed E-state index contributed by atoms with van der Waals surface area (Å²) in [6.07, 6.45) is 4.65. The third kappa shape index (κ3) is 4.65. The zero-order chi connectivity index (χ0) is 15.2. The first kappa shape index (κ1) is 16.2. The molecular weight excluding hydrogens is 260 g/mol. The molecule has 1 saturated heterocycles. The molecule has 0 aliphatic carbocycles. The van der Waals surface area contributed by atoms with E-state index in [2.05, 4.69) is 43.0 Å². The van der Waals surface area contributed by atoms with Crippen LogP contribution in [0.15, 0.2) is 24.3 Å². The molecule has 3 nitrogen and oxygen atoms in total. The fourth-order valence-corrected chi connectivity index (χ4v) is 3.15. The van der Waals surface area contributed by atoms with Crippen molar-refractivity contribution < 1.29 is 4.79 Å². The number of hydrogen-bond acceptors (Lipinski definition) is 3. The molecule has 0 saturated carbocycles. The Labute approximate surface area is 128 Å². The number of nitrogens with zero attached hydrogens (tertiary/aromatic N) is 2. The van der Waals surface area contributed by atoms with Gasteiger partial charge >= 0.3 is 0 Å². The second-order valence-electron chi connectivity index (χ2n) is 6.40. The number of rotatable bonds is 7. The summed E-state index contributed by atoms with van der Waals surface area (Å²) in [5.74, 6) is 0.253. The number of likely N-dealkylation sites (tertiary alicyclic amines) is 1. The molecule has 1 atom stereocenters. The molecule has 0 radical (unpaired) electrons. The van der Waals surface area contributed by atoms with E-state index in [0.29, 0.717) is 12.6 Å². The number of hydrogen-bond donors (Lipinski definition) is 0. The predicted molar refractivity (Wildman–Crippen MR) is 87.9 cm³/mol. The van der Waals surface area contributed by atoms with Crippen molar-refractivity contribution >= 4 is 5.78 Å². The standard InChI is InChI=1S/C18H28N2O/c1-4-6-15-8-10-16(11-9-15)18(21)14-20-12-5-7-17(20)13-19(2)3/h8-11,17H,4-7,12-14H2,1-3H3. The molecule has 3 heteroatoms. The van der Waals surface area contributed by atoms with E-state index >= 15 is 0 Å². The SMILES string of the molecule is CCCc1ccc(C(=O)CN2CCCC2CN(C)C)cc1. The number of ketones is 1. The smallest absolute Gasteiger partial charge is 0.176 e. The van der Waals surface area contributed by atoms with Crippen LogP contribution < -0.4 is 0 Å². The maximum atomic E-state index is 12.4. The molecule has 0 bridgehead atoms. The van der Waals surface area contributed by atoms with Crippen molar-refractivity contribution in [1.29, 1.82) is 0 Å². The summed E-state index contributed by atoms with van der Waals surface area (Å²) in [6, 6.07) is 8.70. The average Bonchev–Trinajstić information content (AvgIpc) is 2.86. The van der Waals surface area contributed by atoms with Crippen LogP contribution in [0.5, 0.6) is 0 Å². The van der Waals surface area contributed by atoms with Crippen molar-refractivity contribution in [3.63, 3.8) is 0 Å². The number of carbonyl (C=O) groups excluding carboxylic acids is 1. The van der Waals surface area contributed by atoms with Crippen LogP contribution in [0.3, 0.4) is 0 Å². The Morgan fingerprint density at radius 1 is 1.29 bits per heavy atom. The molecule has 0 N–H and O–H groups in total. The minimum absolute atomic E-state index is 0.253. The van der Waals surface area contributed by atoms with E-state index in [1.54, 1.807) is 0 Å². The van der Waals surface area contributed by atoms with E-state index in [1.807, 2.05) is 12.1 Å². The van der Waals surface area contributed by atoms with Crippen LogP contribution in [-0.4, -0.2) is 55.4 Å². The topological polar surface area (TPSA) is 23.6 Å². The van der Waals surface area contributed by atoms with Crippen LogP contribution in [0.4, 0.5) is 0 Å². The van der Waals surface area contributed by atoms with Crippen LogP contribution in [0.25, 0.3) is 0 Å². The van der Waals surface area contributed by atoms with Crippen LogP contribution in [0.1, 0.15) is 42.1 Å². The van der Waals surface area contributed by atoms with E-state index in [1.165, 1.54) is 18.4 Å². The molecule has 0 spiro atoms. The monoisotopic (exact) mass is 288 g/mol. The van der Waals surface area contributed by atoms with Crippen molar-refractivity contribution in [3.8, 4) is 0 Å². The van der Waals surface area contributed by atoms with Crippen LogP contribution in [0.2, 0.25) is 0 Å². The summed E-state index contributed by atoms with van der Waals surface area (Å²) in [4.78, 5) is 17.0. The van der Waals surface area contributed by atoms with Gasteiger partial charge in [-0.3, -0.25) is 9.69 Å². The predicted octanol–water partition coefficient (Wildman–Crippen LogP) is 2.85. The number of likely N-dealkylation sites (N-methyl/N-ethyl adjacent to an activating group) is 1. The lowest BCUT2D eigenvalue weighted by molar-refractivity contribution is 0.0910. The van der Waals surface area contributed by atoms with E-state index in [9.17, 15) is 4.79 Å². The molecule has 0 amide bonds. The highest BCUT2D eigenvalue weighted by Gasteiger charge is 2.26. The van der Waals surface area contributed by atoms with E-state index in [0.717, 1.165) is 31.5 Å². The molecule has 1 unspecified atom stereocenters. The van der Waals surface area contributed by atoms with Crippen molar-refractivity contribution in [2.24, 2.45) is 0 Å². The number of aryl methyl sites for hydroxylation is 1. The lowest BCUT2D eigenvalue weighted by atomic mass is 10.0. The van der Waals surface area contributed by atoms with Gasteiger partial charge in [0.2, 0.25) is 0 Å². The molecule has 1 aromatic rings. The van der Waals surface area contributed by atoms with Crippen molar-refractivity contribution in [1.82, 2.24) is 9.80 Å². The molecule has 1 fully saturated rings. The van der Waals surface area contributed by atoms with Gasteiger partial charge in [0.05, 0.1) is 6.54 Å². The fourth-order valence-electron chi connectivity index (χ4n) is 3.15. The fraction of sp³-hybridized carbons (Fsp3) is 0.611. The van der Waals surface area contributed by atoms with Gasteiger partial charge in [0.15, 0.2) is 5.78 Å². The first-order valence-electron chi connectivity index (χ1n) is 8.11. The third-order valence-electron chi connectivity index (χ3n) is 4.24. The largest absolute Gasteiger partial charge is 0.308 e. The highest BCUT2D eigenvalue weighted by atomic mass is 16.1. The Hall–Kier alpha value is -1.19. The Morgan fingerprint density at radius 2 is 2.00 bits per heavy atom. The van der Waals surface area contributed by atoms with Crippen LogP contribution >= 0.6 is 0 Å². The maximum Gasteiger partial charge on any atom is 0.176 e. The Balaban J connectivity index is 1.94. The summed E-state index contributed by atoms with van der Waals surface area (Å²) in [6.45, 7) is 4.84. The Kier molecular flexibility index (Phi) is 5.95. The minimum Gasteiger partial charge on any atom is -0.308 e. The molecule has 0 aromatic heterocycles. The molecule has 1 aliphatic rings. The zero-order valence-electron chi connectivity index (χ0n) is 13.6. The third-order valence-corrected chi connectivity index (χ3v) is 4.24. The van der Waals surface area contributed by atoms with Crippen molar-refractivity contribution in [2.45, 2.75) is 38.6 Å². The zero-order valence-corrected chi connectivity index (χ0v) is 13.6. The van der Waals surface area contributed by atoms with E-state index < -0.39 is 0 Å². The van der Waals surface area contributed by atoms with Crippen molar-refractivity contribution in [2.75, 3.05) is 33.7 Å². The quantitative estimate of drug-likeness (QED) is 0.721. The molecule has 2 rings (SSSR count). The first-order valence-corrected chi connectivity index (χ1v) is 8.11. The molecular formula is C18H28N2O. The number of Topliss-reactive ketones (excluding diaryl/α,β-unsaturated/α-hetero) is 1. The van der Waals surface area contributed by atoms with Gasteiger partial charge in [-0.25, -0.2) is 0 Å². The maximum absolute atomic E-state index is 12.4. The number of benzene rings is 1. The molecule has 1 heterocycles. The van der Waals surface area contributed by atoms with Gasteiger partial charge < -0.3 is 4.90 Å². The van der Waals surface area contributed by atoms with Crippen LogP contribution in [-0.2, 0) is 6.42 Å². The minimum atomic E-state index is 0.253. The summed E-state index contributed by atoms with van der Waals surface area (Å²) in [5.41, 5.74) is 2.17. The highest BCUT2D eigenvalue weighted by molar-refractivity contribution is 5.97. The van der Waals surface area contributed by atoms with Crippen molar-refractivity contribution in [3.05, 3.63) is 35.4 Å². The lowest BCUT2D eigenvalue weighted by Crippen LogP contribution is -2.40. The van der Waals surface area contributed by atoms with E-state index in [-0.39, 0.29) is 5.78 Å². The highest BCUT2D eigenvalue weighted by Crippen LogP contribution is 2.18. The summed E-state index contributed by atoms with van der Waals surface area (Å²) in [7, 11) is 4.20. The second-order valence-corrected chi connectivity index (χ2v) is 6.40. The van der Waals surface area contributed by atoms with Gasteiger partial charge in [0.1, 0.15) is 0 Å². The first-order chi connectivity index (χ1) is 10.1. The Morgan fingerprint density at radius 3 is 2.62 bits per heavy atom. The van der Waals surface area contributed by atoms with E-state index in [4.69, 9.17) is 0 Å². The molecule has 1 aliphatic heterocycles. The lowest BCUT2D eigenvalue weighted by Gasteiger charge is -2.26. The average molecular weight is 288 g/mol. The summed E-state index contributed by atoms with van der Waals surface area (Å²) < 4.78 is 0. The number of carbonyl (C=O) groups is 1. The molecule has 116 valence electrons.